The average Bonchev–Trinajstić information content (AvgIpc) is 2.30. The monoisotopic (exact) mass is 252 g/mol. The van der Waals surface area contributed by atoms with E-state index >= 15 is 0 Å². The molecule has 2 rings (SSSR count). The summed E-state index contributed by atoms with van der Waals surface area (Å²) in [5.74, 6) is 0.939. The molecular weight excluding hydrogens is 231 g/mol. The summed E-state index contributed by atoms with van der Waals surface area (Å²) in [4.78, 5) is 3.98. The highest BCUT2D eigenvalue weighted by Crippen LogP contribution is 2.31. The molecular formula is C14H21FN2O. The van der Waals surface area contributed by atoms with E-state index in [1.807, 2.05) is 0 Å². The molecule has 1 aromatic rings. The molecule has 4 heteroatoms. The van der Waals surface area contributed by atoms with Gasteiger partial charge in [-0.15, -0.1) is 0 Å². The smallest absolute Gasteiger partial charge is 0.250 e. The van der Waals surface area contributed by atoms with Gasteiger partial charge in [0, 0.05) is 18.3 Å². The number of halogens is 1. The van der Waals surface area contributed by atoms with Crippen LogP contribution in [0.5, 0.6) is 5.88 Å². The highest BCUT2D eigenvalue weighted by molar-refractivity contribution is 5.23. The molecule has 0 bridgehead atoms. The molecule has 0 saturated heterocycles. The van der Waals surface area contributed by atoms with Crippen molar-refractivity contribution in [2.24, 2.45) is 17.6 Å². The molecule has 100 valence electrons. The predicted octanol–water partition coefficient (Wildman–Crippen LogP) is 2.88. The van der Waals surface area contributed by atoms with Crippen molar-refractivity contribution in [2.75, 3.05) is 0 Å². The van der Waals surface area contributed by atoms with Gasteiger partial charge in [0.25, 0.3) is 5.88 Å². The maximum atomic E-state index is 14.0. The van der Waals surface area contributed by atoms with Gasteiger partial charge < -0.3 is 10.5 Å². The first-order valence-electron chi connectivity index (χ1n) is 6.60. The number of ether oxygens (including phenoxy) is 1. The van der Waals surface area contributed by atoms with Gasteiger partial charge >= 0.3 is 0 Å². The molecule has 3 nitrogen and oxygen atoms in total. The van der Waals surface area contributed by atoms with E-state index in [9.17, 15) is 4.39 Å². The van der Waals surface area contributed by atoms with E-state index in [4.69, 9.17) is 10.5 Å². The molecule has 2 atom stereocenters. The molecule has 18 heavy (non-hydrogen) atoms. The van der Waals surface area contributed by atoms with Gasteiger partial charge in [0.2, 0.25) is 0 Å². The van der Waals surface area contributed by atoms with Gasteiger partial charge in [-0.2, -0.15) is 0 Å². The number of hydrogen-bond donors (Lipinski definition) is 1. The molecule has 1 aliphatic rings. The van der Waals surface area contributed by atoms with E-state index in [1.54, 1.807) is 12.3 Å². The summed E-state index contributed by atoms with van der Waals surface area (Å²) >= 11 is 0. The summed E-state index contributed by atoms with van der Waals surface area (Å²) in [6, 6.07) is 1.59. The van der Waals surface area contributed by atoms with Crippen LogP contribution < -0.4 is 10.5 Å². The maximum Gasteiger partial charge on any atom is 0.250 e. The normalized spacial score (nSPS) is 28.1. The fourth-order valence-corrected chi connectivity index (χ4v) is 2.83. The Balaban J connectivity index is 2.09. The molecule has 2 N–H and O–H groups in total. The lowest BCUT2D eigenvalue weighted by Gasteiger charge is -2.31. The number of aromatic nitrogens is 1. The van der Waals surface area contributed by atoms with Crippen LogP contribution in [0, 0.1) is 17.7 Å². The third-order valence-corrected chi connectivity index (χ3v) is 3.57. The number of nitrogens with two attached hydrogens (primary N) is 1. The first-order valence-corrected chi connectivity index (χ1v) is 6.60. The second-order valence-electron chi connectivity index (χ2n) is 5.45. The number of hydrogen-bond acceptors (Lipinski definition) is 3. The molecule has 1 heterocycles. The third kappa shape index (κ3) is 2.99. The van der Waals surface area contributed by atoms with Gasteiger partial charge in [-0.1, -0.05) is 13.8 Å². The van der Waals surface area contributed by atoms with Crippen molar-refractivity contribution in [2.45, 2.75) is 45.8 Å². The van der Waals surface area contributed by atoms with Crippen LogP contribution in [-0.2, 0) is 6.54 Å². The quantitative estimate of drug-likeness (QED) is 0.899. The molecule has 0 spiro atoms. The first-order chi connectivity index (χ1) is 8.60. The molecule has 0 amide bonds. The molecule has 1 saturated carbocycles. The van der Waals surface area contributed by atoms with Gasteiger partial charge in [-0.05, 0) is 37.2 Å². The predicted molar refractivity (Wildman–Crippen MR) is 68.7 cm³/mol. The van der Waals surface area contributed by atoms with E-state index in [-0.39, 0.29) is 18.5 Å². The molecule has 2 unspecified atom stereocenters. The number of nitrogens with zero attached hydrogens (tertiary/aromatic N) is 1. The van der Waals surface area contributed by atoms with E-state index < -0.39 is 5.82 Å². The lowest BCUT2D eigenvalue weighted by atomic mass is 9.82. The lowest BCUT2D eigenvalue weighted by Crippen LogP contribution is -2.29. The fourth-order valence-electron chi connectivity index (χ4n) is 2.83. The topological polar surface area (TPSA) is 48.1 Å². The van der Waals surface area contributed by atoms with E-state index in [0.29, 0.717) is 17.4 Å². The van der Waals surface area contributed by atoms with Crippen molar-refractivity contribution < 1.29 is 9.13 Å². The third-order valence-electron chi connectivity index (χ3n) is 3.57. The Hall–Kier alpha value is -1.16. The Labute approximate surface area is 108 Å². The van der Waals surface area contributed by atoms with Crippen molar-refractivity contribution in [1.82, 2.24) is 4.98 Å². The minimum atomic E-state index is -0.411. The summed E-state index contributed by atoms with van der Waals surface area (Å²) in [5, 5.41) is 0. The fraction of sp³-hybridized carbons (Fsp3) is 0.643. The van der Waals surface area contributed by atoms with Crippen molar-refractivity contribution >= 4 is 0 Å². The first kappa shape index (κ1) is 13.3. The van der Waals surface area contributed by atoms with Gasteiger partial charge in [0.05, 0.1) is 0 Å². The molecule has 0 aliphatic heterocycles. The Morgan fingerprint density at radius 3 is 2.61 bits per heavy atom. The Bertz CT molecular complexity index is 401. The van der Waals surface area contributed by atoms with Crippen molar-refractivity contribution in [3.63, 3.8) is 0 Å². The summed E-state index contributed by atoms with van der Waals surface area (Å²) in [6.07, 6.45) is 4.78. The van der Waals surface area contributed by atoms with Crippen LogP contribution in [0.4, 0.5) is 4.39 Å². The zero-order valence-corrected chi connectivity index (χ0v) is 11.0. The summed E-state index contributed by atoms with van der Waals surface area (Å²) in [5.41, 5.74) is 5.93. The van der Waals surface area contributed by atoms with Crippen LogP contribution in [-0.4, -0.2) is 11.1 Å². The largest absolute Gasteiger partial charge is 0.472 e. The summed E-state index contributed by atoms with van der Waals surface area (Å²) in [7, 11) is 0. The second-order valence-corrected chi connectivity index (χ2v) is 5.45. The van der Waals surface area contributed by atoms with Crippen LogP contribution >= 0.6 is 0 Å². The van der Waals surface area contributed by atoms with Crippen molar-refractivity contribution in [3.8, 4) is 5.88 Å². The number of pyridine rings is 1. The van der Waals surface area contributed by atoms with Crippen LogP contribution in [0.3, 0.4) is 0 Å². The highest BCUT2D eigenvalue weighted by atomic mass is 19.1. The van der Waals surface area contributed by atoms with Crippen LogP contribution in [0.2, 0.25) is 0 Å². The van der Waals surface area contributed by atoms with Crippen LogP contribution in [0.25, 0.3) is 0 Å². The molecule has 0 aromatic carbocycles. The molecule has 1 aromatic heterocycles. The molecule has 1 fully saturated rings. The van der Waals surface area contributed by atoms with E-state index in [2.05, 4.69) is 18.8 Å². The number of rotatable bonds is 3. The van der Waals surface area contributed by atoms with Gasteiger partial charge in [-0.3, -0.25) is 0 Å². The van der Waals surface area contributed by atoms with E-state index in [1.165, 1.54) is 6.42 Å². The maximum absolute atomic E-state index is 14.0. The van der Waals surface area contributed by atoms with Crippen LogP contribution in [0.15, 0.2) is 12.3 Å². The Morgan fingerprint density at radius 2 is 2.00 bits per heavy atom. The summed E-state index contributed by atoms with van der Waals surface area (Å²) in [6.45, 7) is 4.60. The van der Waals surface area contributed by atoms with Crippen molar-refractivity contribution in [3.05, 3.63) is 23.6 Å². The second kappa shape index (κ2) is 5.65. The zero-order valence-electron chi connectivity index (χ0n) is 11.0. The SMILES string of the molecule is CC1CC(C)CC(Oc2nccc(CN)c2F)C1. The Kier molecular flexibility index (Phi) is 4.17. The minimum absolute atomic E-state index is 0.0683. The Morgan fingerprint density at radius 1 is 1.33 bits per heavy atom. The standard InChI is InChI=1S/C14H21FN2O/c1-9-5-10(2)7-12(6-9)18-14-13(15)11(8-16)3-4-17-14/h3-4,9-10,12H,5-8,16H2,1-2H3. The van der Waals surface area contributed by atoms with Crippen LogP contribution in [0.1, 0.15) is 38.7 Å². The molecule has 1 aliphatic carbocycles. The lowest BCUT2D eigenvalue weighted by molar-refractivity contribution is 0.0921. The minimum Gasteiger partial charge on any atom is -0.472 e. The average molecular weight is 252 g/mol. The molecule has 0 radical (unpaired) electrons. The van der Waals surface area contributed by atoms with Gasteiger partial charge in [0.1, 0.15) is 6.10 Å². The highest BCUT2D eigenvalue weighted by Gasteiger charge is 2.26. The van der Waals surface area contributed by atoms with Gasteiger partial charge in [0.15, 0.2) is 5.82 Å². The summed E-state index contributed by atoms with van der Waals surface area (Å²) < 4.78 is 19.7. The zero-order chi connectivity index (χ0) is 13.1. The van der Waals surface area contributed by atoms with Gasteiger partial charge in [-0.25, -0.2) is 9.37 Å². The van der Waals surface area contributed by atoms with E-state index in [0.717, 1.165) is 12.8 Å². The van der Waals surface area contributed by atoms with Crippen molar-refractivity contribution in [1.29, 1.82) is 0 Å².